The van der Waals surface area contributed by atoms with Gasteiger partial charge >= 0.3 is 5.97 Å². The molecular weight excluding hydrogens is 272 g/mol. The Morgan fingerprint density at radius 2 is 2.00 bits per heavy atom. The Hall–Kier alpha value is -1.15. The average molecular weight is 294 g/mol. The molecule has 0 aromatic carbocycles. The molecule has 0 saturated heterocycles. The lowest BCUT2D eigenvalue weighted by Gasteiger charge is -2.11. The van der Waals surface area contributed by atoms with Crippen LogP contribution in [0.1, 0.15) is 26.2 Å². The molecule has 0 bridgehead atoms. The van der Waals surface area contributed by atoms with E-state index in [-0.39, 0.29) is 24.6 Å². The van der Waals surface area contributed by atoms with Crippen LogP contribution in [0.2, 0.25) is 0 Å². The number of carbonyl (C=O) groups is 2. The van der Waals surface area contributed by atoms with E-state index in [4.69, 9.17) is 10.5 Å². The highest BCUT2D eigenvalue weighted by atomic mass is 32.2. The van der Waals surface area contributed by atoms with Gasteiger partial charge in [-0.15, -0.1) is 0 Å². The molecule has 0 heterocycles. The fraction of sp³-hybridized carbons (Fsp3) is 0.818. The molecule has 0 aliphatic carbocycles. The predicted octanol–water partition coefficient (Wildman–Crippen LogP) is -0.792. The van der Waals surface area contributed by atoms with Crippen LogP contribution in [0.25, 0.3) is 0 Å². The quantitative estimate of drug-likeness (QED) is 0.425. The Kier molecular flexibility index (Phi) is 8.33. The SMILES string of the molecule is CCOC(=O)CCCNC(=O)C(N)CCS(C)(=O)=O. The summed E-state index contributed by atoms with van der Waals surface area (Å²) < 4.78 is 26.6. The highest BCUT2D eigenvalue weighted by Crippen LogP contribution is 1.95. The molecule has 0 fully saturated rings. The zero-order valence-electron chi connectivity index (χ0n) is 11.3. The van der Waals surface area contributed by atoms with Crippen molar-refractivity contribution in [2.45, 2.75) is 32.2 Å². The fourth-order valence-corrected chi connectivity index (χ4v) is 1.96. The van der Waals surface area contributed by atoms with Crippen molar-refractivity contribution in [3.63, 3.8) is 0 Å². The Morgan fingerprint density at radius 1 is 1.37 bits per heavy atom. The van der Waals surface area contributed by atoms with E-state index < -0.39 is 21.8 Å². The monoisotopic (exact) mass is 294 g/mol. The summed E-state index contributed by atoms with van der Waals surface area (Å²) in [5.41, 5.74) is 5.55. The Bertz CT molecular complexity index is 394. The minimum atomic E-state index is -3.12. The van der Waals surface area contributed by atoms with E-state index in [1.807, 2.05) is 0 Å². The van der Waals surface area contributed by atoms with E-state index in [2.05, 4.69) is 5.32 Å². The third-order valence-corrected chi connectivity index (χ3v) is 3.28. The smallest absolute Gasteiger partial charge is 0.305 e. The van der Waals surface area contributed by atoms with Crippen molar-refractivity contribution in [1.82, 2.24) is 5.32 Å². The molecule has 0 aliphatic rings. The predicted molar refractivity (Wildman–Crippen MR) is 71.2 cm³/mol. The molecule has 0 radical (unpaired) electrons. The lowest BCUT2D eigenvalue weighted by atomic mass is 10.2. The van der Waals surface area contributed by atoms with E-state index in [1.54, 1.807) is 6.92 Å². The van der Waals surface area contributed by atoms with Crippen LogP contribution < -0.4 is 11.1 Å². The topological polar surface area (TPSA) is 116 Å². The Morgan fingerprint density at radius 3 is 2.53 bits per heavy atom. The molecule has 0 aromatic heterocycles. The van der Waals surface area contributed by atoms with Gasteiger partial charge in [0.05, 0.1) is 18.4 Å². The van der Waals surface area contributed by atoms with Gasteiger partial charge in [-0.3, -0.25) is 9.59 Å². The molecule has 112 valence electrons. The van der Waals surface area contributed by atoms with Crippen LogP contribution in [0.15, 0.2) is 0 Å². The van der Waals surface area contributed by atoms with Crippen LogP contribution >= 0.6 is 0 Å². The maximum Gasteiger partial charge on any atom is 0.305 e. The number of carbonyl (C=O) groups excluding carboxylic acids is 2. The number of sulfone groups is 1. The molecule has 0 saturated carbocycles. The van der Waals surface area contributed by atoms with Gasteiger partial charge in [-0.2, -0.15) is 0 Å². The van der Waals surface area contributed by atoms with Crippen molar-refractivity contribution in [1.29, 1.82) is 0 Å². The summed E-state index contributed by atoms with van der Waals surface area (Å²) in [6.07, 6.45) is 1.87. The van der Waals surface area contributed by atoms with Crippen LogP contribution in [0.3, 0.4) is 0 Å². The van der Waals surface area contributed by atoms with Gasteiger partial charge in [-0.25, -0.2) is 8.42 Å². The van der Waals surface area contributed by atoms with Crippen LogP contribution in [-0.4, -0.2) is 51.5 Å². The maximum absolute atomic E-state index is 11.5. The third-order valence-electron chi connectivity index (χ3n) is 2.30. The third kappa shape index (κ3) is 10.5. The molecule has 1 unspecified atom stereocenters. The van der Waals surface area contributed by atoms with Gasteiger partial charge in [-0.05, 0) is 19.8 Å². The fourth-order valence-electron chi connectivity index (χ4n) is 1.28. The van der Waals surface area contributed by atoms with Crippen molar-refractivity contribution in [2.24, 2.45) is 5.73 Å². The van der Waals surface area contributed by atoms with E-state index in [1.165, 1.54) is 0 Å². The van der Waals surface area contributed by atoms with Crippen LogP contribution in [0.5, 0.6) is 0 Å². The number of rotatable bonds is 9. The van der Waals surface area contributed by atoms with Gasteiger partial charge < -0.3 is 15.8 Å². The number of hydrogen-bond donors (Lipinski definition) is 2. The second kappa shape index (κ2) is 8.87. The van der Waals surface area contributed by atoms with Crippen molar-refractivity contribution in [2.75, 3.05) is 25.2 Å². The van der Waals surface area contributed by atoms with Gasteiger partial charge in [0, 0.05) is 19.2 Å². The molecule has 19 heavy (non-hydrogen) atoms. The minimum Gasteiger partial charge on any atom is -0.466 e. The molecule has 0 aromatic rings. The first kappa shape index (κ1) is 17.8. The summed E-state index contributed by atoms with van der Waals surface area (Å²) in [6.45, 7) is 2.37. The second-order valence-corrected chi connectivity index (χ2v) is 6.48. The molecule has 7 nitrogen and oxygen atoms in total. The second-order valence-electron chi connectivity index (χ2n) is 4.22. The summed E-state index contributed by atoms with van der Waals surface area (Å²) in [7, 11) is -3.12. The summed E-state index contributed by atoms with van der Waals surface area (Å²) in [6, 6.07) is -0.850. The average Bonchev–Trinajstić information content (AvgIpc) is 2.30. The zero-order chi connectivity index (χ0) is 14.9. The first-order valence-corrected chi connectivity index (χ1v) is 8.19. The number of esters is 1. The van der Waals surface area contributed by atoms with Gasteiger partial charge in [0.1, 0.15) is 9.84 Å². The first-order valence-electron chi connectivity index (χ1n) is 6.13. The molecule has 0 rings (SSSR count). The number of hydrogen-bond acceptors (Lipinski definition) is 6. The number of nitrogens with one attached hydrogen (secondary N) is 1. The van der Waals surface area contributed by atoms with Gasteiger partial charge in [0.25, 0.3) is 0 Å². The van der Waals surface area contributed by atoms with E-state index in [0.717, 1.165) is 6.26 Å². The number of amides is 1. The largest absolute Gasteiger partial charge is 0.466 e. The van der Waals surface area contributed by atoms with Crippen LogP contribution in [-0.2, 0) is 24.2 Å². The summed E-state index contributed by atoms with van der Waals surface area (Å²) in [5, 5.41) is 2.55. The van der Waals surface area contributed by atoms with Crippen molar-refractivity contribution in [3.8, 4) is 0 Å². The van der Waals surface area contributed by atoms with Crippen molar-refractivity contribution >= 4 is 21.7 Å². The van der Waals surface area contributed by atoms with Crippen molar-refractivity contribution in [3.05, 3.63) is 0 Å². The molecule has 0 spiro atoms. The summed E-state index contributed by atoms with van der Waals surface area (Å²) in [4.78, 5) is 22.5. The van der Waals surface area contributed by atoms with Crippen LogP contribution in [0.4, 0.5) is 0 Å². The molecule has 0 aliphatic heterocycles. The zero-order valence-corrected chi connectivity index (χ0v) is 12.2. The minimum absolute atomic E-state index is 0.0859. The Labute approximate surface area is 113 Å². The van der Waals surface area contributed by atoms with Gasteiger partial charge in [-0.1, -0.05) is 0 Å². The lowest BCUT2D eigenvalue weighted by molar-refractivity contribution is -0.143. The van der Waals surface area contributed by atoms with Gasteiger partial charge in [0.15, 0.2) is 0 Å². The number of ether oxygens (including phenoxy) is 1. The normalized spacial score (nSPS) is 12.8. The van der Waals surface area contributed by atoms with Crippen LogP contribution in [0, 0.1) is 0 Å². The molecule has 8 heteroatoms. The number of nitrogens with two attached hydrogens (primary N) is 1. The standard InChI is InChI=1S/C11H22N2O5S/c1-3-18-10(14)5-4-7-13-11(15)9(12)6-8-19(2,16)17/h9H,3-8,12H2,1-2H3,(H,13,15). The summed E-state index contributed by atoms with van der Waals surface area (Å²) >= 11 is 0. The summed E-state index contributed by atoms with van der Waals surface area (Å²) in [5.74, 6) is -0.838. The highest BCUT2D eigenvalue weighted by Gasteiger charge is 2.15. The van der Waals surface area contributed by atoms with Gasteiger partial charge in [0.2, 0.25) is 5.91 Å². The lowest BCUT2D eigenvalue weighted by Crippen LogP contribution is -2.42. The van der Waals surface area contributed by atoms with Crippen molar-refractivity contribution < 1.29 is 22.7 Å². The molecular formula is C11H22N2O5S. The highest BCUT2D eigenvalue weighted by molar-refractivity contribution is 7.90. The van der Waals surface area contributed by atoms with E-state index in [0.29, 0.717) is 19.6 Å². The molecule has 1 atom stereocenters. The molecule has 1 amide bonds. The maximum atomic E-state index is 11.5. The van der Waals surface area contributed by atoms with E-state index in [9.17, 15) is 18.0 Å². The van der Waals surface area contributed by atoms with E-state index >= 15 is 0 Å². The Balaban J connectivity index is 3.77. The first-order chi connectivity index (χ1) is 8.76. The molecule has 3 N–H and O–H groups in total.